The summed E-state index contributed by atoms with van der Waals surface area (Å²) in [5.74, 6) is -0.976. The maximum Gasteiger partial charge on any atom is 0.328 e. The number of halogens is 2. The zero-order chi connectivity index (χ0) is 18.2. The molecule has 0 saturated heterocycles. The lowest BCUT2D eigenvalue weighted by Crippen LogP contribution is -2.42. The Balaban J connectivity index is 2.87. The Bertz CT molecular complexity index is 548. The molecular weight excluding hydrogens is 351 g/mol. The molecule has 0 spiro atoms. The Hall–Kier alpha value is -1.26. The highest BCUT2D eigenvalue weighted by Gasteiger charge is 2.46. The van der Waals surface area contributed by atoms with Crippen LogP contribution < -0.4 is 4.74 Å². The van der Waals surface area contributed by atoms with Crippen molar-refractivity contribution in [3.8, 4) is 5.75 Å². The number of unbranched alkanes of at least 4 members (excludes halogenated alkanes) is 2. The molecule has 1 aromatic rings. The van der Waals surface area contributed by atoms with Crippen LogP contribution in [0.5, 0.6) is 5.75 Å². The molecule has 0 fully saturated rings. The number of ether oxygens (including phenoxy) is 2. The monoisotopic (exact) mass is 374 g/mol. The average molecular weight is 375 g/mol. The van der Waals surface area contributed by atoms with Crippen LogP contribution in [0.15, 0.2) is 18.2 Å². The summed E-state index contributed by atoms with van der Waals surface area (Å²) in [6.07, 6.45) is 3.38. The number of carbonyl (C=O) groups excluding carboxylic acids is 2. The Morgan fingerprint density at radius 2 is 1.54 bits per heavy atom. The van der Waals surface area contributed by atoms with Crippen LogP contribution in [-0.4, -0.2) is 18.5 Å². The molecule has 6 heteroatoms. The highest BCUT2D eigenvalue weighted by atomic mass is 35.5. The molecule has 1 aromatic carbocycles. The van der Waals surface area contributed by atoms with Crippen LogP contribution in [0.4, 0.5) is 0 Å². The minimum Gasteiger partial charge on any atom is -0.465 e. The summed E-state index contributed by atoms with van der Waals surface area (Å²) in [6, 6.07) is 4.50. The molecule has 0 aliphatic rings. The summed E-state index contributed by atoms with van der Waals surface area (Å²) in [5, 5.41) is 0.706. The first-order chi connectivity index (χ1) is 11.4. The van der Waals surface area contributed by atoms with E-state index < -0.39 is 17.4 Å². The lowest BCUT2D eigenvalue weighted by Gasteiger charge is -2.26. The first-order valence-electron chi connectivity index (χ1n) is 8.25. The Morgan fingerprint density at radius 1 is 0.958 bits per heavy atom. The van der Waals surface area contributed by atoms with Gasteiger partial charge in [0.05, 0.1) is 6.61 Å². The van der Waals surface area contributed by atoms with E-state index >= 15 is 0 Å². The Kier molecular flexibility index (Phi) is 8.57. The van der Waals surface area contributed by atoms with Crippen LogP contribution in [-0.2, 0) is 14.3 Å². The van der Waals surface area contributed by atoms with Crippen molar-refractivity contribution in [2.45, 2.75) is 52.9 Å². The summed E-state index contributed by atoms with van der Waals surface area (Å²) < 4.78 is 10.7. The molecule has 0 aromatic heterocycles. The number of benzene rings is 1. The van der Waals surface area contributed by atoms with Gasteiger partial charge >= 0.3 is 11.9 Å². The standard InChI is InChI=1S/C18H24Cl2O4/c1-4-7-8-9-23-16(21)18(5-2,6-3)17(22)24-15-11-13(19)10-14(20)12-15/h10-12H,4-9H2,1-3H3. The smallest absolute Gasteiger partial charge is 0.328 e. The third-order valence-electron chi connectivity index (χ3n) is 4.02. The normalized spacial score (nSPS) is 11.2. The second-order valence-corrected chi connectivity index (χ2v) is 6.50. The van der Waals surface area contributed by atoms with E-state index in [1.165, 1.54) is 18.2 Å². The van der Waals surface area contributed by atoms with Gasteiger partial charge in [-0.05, 0) is 37.5 Å². The summed E-state index contributed by atoms with van der Waals surface area (Å²) in [5.41, 5.74) is -1.32. The van der Waals surface area contributed by atoms with Crippen molar-refractivity contribution in [3.05, 3.63) is 28.2 Å². The van der Waals surface area contributed by atoms with Gasteiger partial charge in [0.25, 0.3) is 0 Å². The van der Waals surface area contributed by atoms with Crippen LogP contribution in [0, 0.1) is 5.41 Å². The highest BCUT2D eigenvalue weighted by molar-refractivity contribution is 6.34. The van der Waals surface area contributed by atoms with Gasteiger partial charge in [-0.1, -0.05) is 56.8 Å². The first-order valence-corrected chi connectivity index (χ1v) is 9.00. The zero-order valence-corrected chi connectivity index (χ0v) is 15.9. The number of esters is 2. The van der Waals surface area contributed by atoms with Crippen molar-refractivity contribution >= 4 is 35.1 Å². The van der Waals surface area contributed by atoms with Gasteiger partial charge in [-0.3, -0.25) is 9.59 Å². The molecular formula is C18H24Cl2O4. The lowest BCUT2D eigenvalue weighted by atomic mass is 9.82. The predicted molar refractivity (Wildman–Crippen MR) is 95.6 cm³/mol. The molecule has 0 bridgehead atoms. The zero-order valence-electron chi connectivity index (χ0n) is 14.4. The third kappa shape index (κ3) is 5.38. The van der Waals surface area contributed by atoms with Gasteiger partial charge in [-0.25, -0.2) is 0 Å². The summed E-state index contributed by atoms with van der Waals surface area (Å²) in [6.45, 7) is 5.91. The molecule has 0 atom stereocenters. The van der Waals surface area contributed by atoms with Crippen molar-refractivity contribution in [3.63, 3.8) is 0 Å². The summed E-state index contributed by atoms with van der Waals surface area (Å²) in [7, 11) is 0. The number of hydrogen-bond acceptors (Lipinski definition) is 4. The van der Waals surface area contributed by atoms with E-state index in [0.29, 0.717) is 29.5 Å². The lowest BCUT2D eigenvalue weighted by molar-refractivity contribution is -0.168. The van der Waals surface area contributed by atoms with Crippen molar-refractivity contribution in [1.82, 2.24) is 0 Å². The predicted octanol–water partition coefficient (Wildman–Crippen LogP) is 5.44. The van der Waals surface area contributed by atoms with E-state index in [0.717, 1.165) is 19.3 Å². The van der Waals surface area contributed by atoms with Crippen LogP contribution in [0.2, 0.25) is 10.0 Å². The fraction of sp³-hybridized carbons (Fsp3) is 0.556. The molecule has 0 aliphatic carbocycles. The highest BCUT2D eigenvalue weighted by Crippen LogP contribution is 2.32. The minimum absolute atomic E-state index is 0.211. The van der Waals surface area contributed by atoms with Gasteiger partial charge in [0.15, 0.2) is 5.41 Å². The van der Waals surface area contributed by atoms with Crippen molar-refractivity contribution in [1.29, 1.82) is 0 Å². The number of carbonyl (C=O) groups is 2. The quantitative estimate of drug-likeness (QED) is 0.250. The van der Waals surface area contributed by atoms with E-state index in [9.17, 15) is 9.59 Å². The number of rotatable bonds is 9. The van der Waals surface area contributed by atoms with Crippen LogP contribution in [0.3, 0.4) is 0 Å². The molecule has 4 nitrogen and oxygen atoms in total. The van der Waals surface area contributed by atoms with E-state index in [1.54, 1.807) is 13.8 Å². The second kappa shape index (κ2) is 9.90. The van der Waals surface area contributed by atoms with Gasteiger partial charge in [-0.2, -0.15) is 0 Å². The minimum atomic E-state index is -1.32. The van der Waals surface area contributed by atoms with Gasteiger partial charge in [0.1, 0.15) is 5.75 Å². The Morgan fingerprint density at radius 3 is 2.04 bits per heavy atom. The molecule has 24 heavy (non-hydrogen) atoms. The topological polar surface area (TPSA) is 52.6 Å². The molecule has 0 amide bonds. The fourth-order valence-corrected chi connectivity index (χ4v) is 2.86. The number of hydrogen-bond donors (Lipinski definition) is 0. The van der Waals surface area contributed by atoms with Crippen molar-refractivity contribution < 1.29 is 19.1 Å². The van der Waals surface area contributed by atoms with E-state index in [1.807, 2.05) is 0 Å². The average Bonchev–Trinajstić information content (AvgIpc) is 2.52. The molecule has 134 valence electrons. The van der Waals surface area contributed by atoms with Crippen LogP contribution in [0.1, 0.15) is 52.9 Å². The molecule has 0 aliphatic heterocycles. The maximum absolute atomic E-state index is 12.6. The molecule has 1 rings (SSSR count). The molecule has 0 N–H and O–H groups in total. The molecule has 0 unspecified atom stereocenters. The first kappa shape index (κ1) is 20.8. The molecule has 0 heterocycles. The Labute approximate surface area is 153 Å². The van der Waals surface area contributed by atoms with Crippen LogP contribution >= 0.6 is 23.2 Å². The van der Waals surface area contributed by atoms with E-state index in [2.05, 4.69) is 6.92 Å². The SMILES string of the molecule is CCCCCOC(=O)C(CC)(CC)C(=O)Oc1cc(Cl)cc(Cl)c1. The van der Waals surface area contributed by atoms with Gasteiger partial charge in [0.2, 0.25) is 0 Å². The largest absolute Gasteiger partial charge is 0.465 e. The second-order valence-electron chi connectivity index (χ2n) is 5.63. The fourth-order valence-electron chi connectivity index (χ4n) is 2.36. The van der Waals surface area contributed by atoms with Crippen molar-refractivity contribution in [2.75, 3.05) is 6.61 Å². The molecule has 0 radical (unpaired) electrons. The van der Waals surface area contributed by atoms with Gasteiger partial charge < -0.3 is 9.47 Å². The van der Waals surface area contributed by atoms with Crippen molar-refractivity contribution in [2.24, 2.45) is 5.41 Å². The maximum atomic E-state index is 12.6. The molecule has 0 saturated carbocycles. The van der Waals surface area contributed by atoms with E-state index in [4.69, 9.17) is 32.7 Å². The van der Waals surface area contributed by atoms with Gasteiger partial charge in [-0.15, -0.1) is 0 Å². The van der Waals surface area contributed by atoms with E-state index in [-0.39, 0.29) is 5.75 Å². The summed E-state index contributed by atoms with van der Waals surface area (Å²) >= 11 is 11.8. The van der Waals surface area contributed by atoms with Gasteiger partial charge in [0, 0.05) is 10.0 Å². The summed E-state index contributed by atoms with van der Waals surface area (Å²) in [4.78, 5) is 25.1. The van der Waals surface area contributed by atoms with Crippen LogP contribution in [0.25, 0.3) is 0 Å². The third-order valence-corrected chi connectivity index (χ3v) is 4.45.